The minimum Gasteiger partial charge on any atom is -0.332 e. The molecule has 2 heterocycles. The first-order chi connectivity index (χ1) is 13.3. The summed E-state index contributed by atoms with van der Waals surface area (Å²) in [5.41, 5.74) is 3.49. The minimum absolute atomic E-state index is 0.00693. The highest BCUT2D eigenvalue weighted by Crippen LogP contribution is 2.24. The van der Waals surface area contributed by atoms with Crippen LogP contribution in [0.1, 0.15) is 29.9 Å². The van der Waals surface area contributed by atoms with Crippen molar-refractivity contribution in [2.75, 3.05) is 31.3 Å². The molecule has 0 aliphatic carbocycles. The molecule has 28 heavy (non-hydrogen) atoms. The van der Waals surface area contributed by atoms with Crippen LogP contribution in [-0.4, -0.2) is 46.9 Å². The van der Waals surface area contributed by atoms with Gasteiger partial charge in [-0.05, 0) is 52.1 Å². The Morgan fingerprint density at radius 1 is 1.25 bits per heavy atom. The van der Waals surface area contributed by atoms with E-state index in [9.17, 15) is 9.59 Å². The van der Waals surface area contributed by atoms with Crippen LogP contribution in [-0.2, 0) is 22.6 Å². The number of aryl methyl sites for hydroxylation is 3. The van der Waals surface area contributed by atoms with Gasteiger partial charge in [-0.25, -0.2) is 4.98 Å². The van der Waals surface area contributed by atoms with Gasteiger partial charge in [0.1, 0.15) is 5.82 Å². The lowest BCUT2D eigenvalue weighted by molar-refractivity contribution is -0.120. The molecule has 3 rings (SSSR count). The van der Waals surface area contributed by atoms with Gasteiger partial charge in [-0.15, -0.1) is 0 Å². The topological polar surface area (TPSA) is 79.3 Å². The van der Waals surface area contributed by atoms with E-state index in [-0.39, 0.29) is 17.7 Å². The number of hydrogen-bond donors (Lipinski definition) is 2. The summed E-state index contributed by atoms with van der Waals surface area (Å²) in [5.74, 6) is 0.947. The van der Waals surface area contributed by atoms with Crippen molar-refractivity contribution in [1.29, 1.82) is 0 Å². The molecule has 2 aromatic rings. The van der Waals surface area contributed by atoms with Gasteiger partial charge in [0.05, 0.1) is 5.92 Å². The maximum atomic E-state index is 12.8. The van der Waals surface area contributed by atoms with Gasteiger partial charge >= 0.3 is 0 Å². The van der Waals surface area contributed by atoms with E-state index >= 15 is 0 Å². The molecule has 1 aliphatic rings. The lowest BCUT2D eigenvalue weighted by Gasteiger charge is -2.24. The Balaban J connectivity index is 1.63. The average molecular weight is 383 g/mol. The number of carbonyl (C=O) groups is 2. The van der Waals surface area contributed by atoms with Crippen molar-refractivity contribution in [2.45, 2.75) is 39.7 Å². The van der Waals surface area contributed by atoms with Crippen molar-refractivity contribution in [3.63, 3.8) is 0 Å². The quantitative estimate of drug-likeness (QED) is 0.804. The molecule has 0 saturated carbocycles. The van der Waals surface area contributed by atoms with Crippen LogP contribution >= 0.6 is 0 Å². The fraction of sp³-hybridized carbons (Fsp3) is 0.476. The Bertz CT molecular complexity index is 872. The van der Waals surface area contributed by atoms with Crippen molar-refractivity contribution in [3.05, 3.63) is 41.5 Å². The van der Waals surface area contributed by atoms with E-state index in [1.807, 2.05) is 57.2 Å². The molecular weight excluding hydrogens is 354 g/mol. The molecule has 2 N–H and O–H groups in total. The molecule has 0 saturated heterocycles. The molecule has 0 radical (unpaired) electrons. The zero-order chi connectivity index (χ0) is 20.3. The van der Waals surface area contributed by atoms with Crippen LogP contribution in [0.4, 0.5) is 11.4 Å². The van der Waals surface area contributed by atoms with E-state index in [2.05, 4.69) is 20.2 Å². The molecule has 0 bridgehead atoms. The number of aromatic nitrogens is 2. The highest BCUT2D eigenvalue weighted by Gasteiger charge is 2.26. The fourth-order valence-electron chi connectivity index (χ4n) is 3.41. The number of benzene rings is 1. The maximum absolute atomic E-state index is 12.8. The first-order valence-electron chi connectivity index (χ1n) is 9.70. The first kappa shape index (κ1) is 20.1. The van der Waals surface area contributed by atoms with Gasteiger partial charge in [0, 0.05) is 49.2 Å². The van der Waals surface area contributed by atoms with Crippen LogP contribution in [0, 0.1) is 19.8 Å². The Kier molecular flexibility index (Phi) is 6.14. The van der Waals surface area contributed by atoms with Crippen LogP contribution in [0.2, 0.25) is 0 Å². The molecule has 1 atom stereocenters. The van der Waals surface area contributed by atoms with Crippen LogP contribution in [0.5, 0.6) is 0 Å². The number of amides is 2. The minimum atomic E-state index is -0.0835. The third-order valence-corrected chi connectivity index (χ3v) is 5.19. The standard InChI is InChI=1S/C21H29N5O2/c1-14-5-7-17(11-18(14)24-20(27)9-10-25(3)4)23-21(28)16-6-8-19-22-12-15(2)26(19)13-16/h5,7,11-12,16H,6,8-10,13H2,1-4H3,(H,23,28)(H,24,27). The number of anilines is 2. The molecule has 2 amide bonds. The Labute approximate surface area is 166 Å². The molecular formula is C21H29N5O2. The number of fused-ring (bicyclic) bond motifs is 1. The predicted molar refractivity (Wildman–Crippen MR) is 110 cm³/mol. The van der Waals surface area contributed by atoms with Crippen molar-refractivity contribution in [3.8, 4) is 0 Å². The molecule has 1 aromatic carbocycles. The second-order valence-corrected chi connectivity index (χ2v) is 7.78. The number of imidazole rings is 1. The van der Waals surface area contributed by atoms with Gasteiger partial charge in [-0.3, -0.25) is 9.59 Å². The van der Waals surface area contributed by atoms with E-state index < -0.39 is 0 Å². The van der Waals surface area contributed by atoms with Crippen molar-refractivity contribution >= 4 is 23.2 Å². The fourth-order valence-corrected chi connectivity index (χ4v) is 3.41. The van der Waals surface area contributed by atoms with E-state index in [0.717, 1.165) is 35.6 Å². The summed E-state index contributed by atoms with van der Waals surface area (Å²) in [6.07, 6.45) is 3.90. The Morgan fingerprint density at radius 2 is 2.04 bits per heavy atom. The highest BCUT2D eigenvalue weighted by atomic mass is 16.2. The first-order valence-corrected chi connectivity index (χ1v) is 9.70. The van der Waals surface area contributed by atoms with Crippen LogP contribution < -0.4 is 10.6 Å². The van der Waals surface area contributed by atoms with Gasteiger partial charge < -0.3 is 20.1 Å². The van der Waals surface area contributed by atoms with Crippen molar-refractivity contribution in [2.24, 2.45) is 5.92 Å². The smallest absolute Gasteiger partial charge is 0.229 e. The second kappa shape index (κ2) is 8.56. The van der Waals surface area contributed by atoms with Gasteiger partial charge in [0.15, 0.2) is 0 Å². The third kappa shape index (κ3) is 4.78. The zero-order valence-electron chi connectivity index (χ0n) is 17.1. The number of rotatable bonds is 6. The van der Waals surface area contributed by atoms with Crippen LogP contribution in [0.3, 0.4) is 0 Å². The molecule has 7 heteroatoms. The summed E-state index contributed by atoms with van der Waals surface area (Å²) < 4.78 is 2.12. The SMILES string of the molecule is Cc1ccc(NC(=O)C2CCc3ncc(C)n3C2)cc1NC(=O)CCN(C)C. The van der Waals surface area contributed by atoms with Gasteiger partial charge in [0.25, 0.3) is 0 Å². The predicted octanol–water partition coefficient (Wildman–Crippen LogP) is 2.59. The van der Waals surface area contributed by atoms with Gasteiger partial charge in [-0.2, -0.15) is 0 Å². The largest absolute Gasteiger partial charge is 0.332 e. The average Bonchev–Trinajstić information content (AvgIpc) is 3.03. The normalized spacial score (nSPS) is 16.0. The third-order valence-electron chi connectivity index (χ3n) is 5.19. The number of nitrogens with one attached hydrogen (secondary N) is 2. The monoisotopic (exact) mass is 383 g/mol. The van der Waals surface area contributed by atoms with E-state index in [1.165, 1.54) is 0 Å². The molecule has 0 spiro atoms. The molecule has 1 aromatic heterocycles. The molecule has 150 valence electrons. The number of nitrogens with zero attached hydrogens (tertiary/aromatic N) is 3. The van der Waals surface area contributed by atoms with E-state index in [0.29, 0.717) is 25.2 Å². The van der Waals surface area contributed by atoms with E-state index in [1.54, 1.807) is 0 Å². The molecule has 7 nitrogen and oxygen atoms in total. The number of carbonyl (C=O) groups excluding carboxylic acids is 2. The summed E-state index contributed by atoms with van der Waals surface area (Å²) in [4.78, 5) is 31.3. The second-order valence-electron chi connectivity index (χ2n) is 7.78. The number of hydrogen-bond acceptors (Lipinski definition) is 4. The summed E-state index contributed by atoms with van der Waals surface area (Å²) in [7, 11) is 3.88. The molecule has 1 aliphatic heterocycles. The van der Waals surface area contributed by atoms with Gasteiger partial charge in [0.2, 0.25) is 11.8 Å². The lowest BCUT2D eigenvalue weighted by atomic mass is 9.98. The zero-order valence-corrected chi connectivity index (χ0v) is 17.1. The van der Waals surface area contributed by atoms with Crippen LogP contribution in [0.25, 0.3) is 0 Å². The summed E-state index contributed by atoms with van der Waals surface area (Å²) in [6.45, 7) is 5.31. The summed E-state index contributed by atoms with van der Waals surface area (Å²) in [6, 6.07) is 5.62. The maximum Gasteiger partial charge on any atom is 0.229 e. The highest BCUT2D eigenvalue weighted by molar-refractivity contribution is 5.95. The summed E-state index contributed by atoms with van der Waals surface area (Å²) >= 11 is 0. The van der Waals surface area contributed by atoms with E-state index in [4.69, 9.17) is 0 Å². The van der Waals surface area contributed by atoms with Crippen LogP contribution in [0.15, 0.2) is 24.4 Å². The molecule has 0 fully saturated rings. The Morgan fingerprint density at radius 3 is 2.79 bits per heavy atom. The summed E-state index contributed by atoms with van der Waals surface area (Å²) in [5, 5.41) is 5.96. The molecule has 1 unspecified atom stereocenters. The van der Waals surface area contributed by atoms with Crippen molar-refractivity contribution < 1.29 is 9.59 Å². The van der Waals surface area contributed by atoms with Gasteiger partial charge in [-0.1, -0.05) is 6.07 Å². The Hall–Kier alpha value is -2.67. The van der Waals surface area contributed by atoms with Crippen molar-refractivity contribution in [1.82, 2.24) is 14.5 Å². The lowest BCUT2D eigenvalue weighted by Crippen LogP contribution is -2.31.